The smallest absolute Gasteiger partial charge is 0.373 e. The summed E-state index contributed by atoms with van der Waals surface area (Å²) in [5.41, 5.74) is 4.33. The maximum absolute atomic E-state index is 13.8. The van der Waals surface area contributed by atoms with Gasteiger partial charge in [0.15, 0.2) is 28.7 Å². The Hall–Kier alpha value is -6.47. The highest BCUT2D eigenvalue weighted by Gasteiger charge is 2.42. The van der Waals surface area contributed by atoms with Crippen LogP contribution < -0.4 is 16.6 Å². The highest BCUT2D eigenvalue weighted by atomic mass is 19.1. The van der Waals surface area contributed by atoms with Crippen molar-refractivity contribution in [2.75, 3.05) is 26.4 Å². The first-order chi connectivity index (χ1) is 29.4. The van der Waals surface area contributed by atoms with Crippen LogP contribution in [-0.4, -0.2) is 103 Å². The molecule has 0 aliphatic carbocycles. The number of aromatic hydroxyl groups is 2. The predicted molar refractivity (Wildman–Crippen MR) is 208 cm³/mol. The number of carbonyl (C=O) groups excluding carboxylic acids is 5. The lowest BCUT2D eigenvalue weighted by atomic mass is 10.0. The molecule has 2 fully saturated rings. The average Bonchev–Trinajstić information content (AvgIpc) is 3.21. The number of ketones is 1. The Bertz CT molecular complexity index is 2520. The van der Waals surface area contributed by atoms with Crippen LogP contribution in [0.1, 0.15) is 68.3 Å². The van der Waals surface area contributed by atoms with Crippen molar-refractivity contribution in [3.8, 4) is 11.5 Å². The molecule has 2 amide bonds. The van der Waals surface area contributed by atoms with E-state index in [-0.39, 0.29) is 84.7 Å². The lowest BCUT2D eigenvalue weighted by Gasteiger charge is -2.44. The predicted octanol–water partition coefficient (Wildman–Crippen LogP) is 2.84. The first-order valence-electron chi connectivity index (χ1n) is 19.2. The van der Waals surface area contributed by atoms with Crippen molar-refractivity contribution in [2.24, 2.45) is 5.73 Å². The molecule has 4 N–H and O–H groups in total. The SMILES string of the molecule is C[C@@H]1COC[C@H]2Cn3cc(C(=O)CCc4ccc(F)cc4F)c(=O)c(O)c3C(=O)N21.Cc1cn2c(c(O)c1=O)C(=O)N1[C@@H](COC[C@H]1C)C2.NCc1ccc(F)cc1F.O=C=O. The fraction of sp³-hybridized carbons (Fsp3) is 0.381. The second kappa shape index (κ2) is 19.9. The molecular formula is C42H43F4N5O11. The molecule has 20 heteroatoms. The summed E-state index contributed by atoms with van der Waals surface area (Å²) >= 11 is 0. The lowest BCUT2D eigenvalue weighted by Crippen LogP contribution is -2.58. The van der Waals surface area contributed by atoms with E-state index in [0.29, 0.717) is 44.1 Å². The van der Waals surface area contributed by atoms with Crippen molar-refractivity contribution in [1.82, 2.24) is 18.9 Å². The quantitative estimate of drug-likeness (QED) is 0.195. The van der Waals surface area contributed by atoms with Crippen molar-refractivity contribution in [3.63, 3.8) is 0 Å². The topological polar surface area (TPSA) is 221 Å². The van der Waals surface area contributed by atoms with Crippen LogP contribution in [0, 0.1) is 30.2 Å². The number of amides is 2. The van der Waals surface area contributed by atoms with Crippen LogP contribution in [0.3, 0.4) is 0 Å². The van der Waals surface area contributed by atoms with E-state index in [1.165, 1.54) is 29.0 Å². The number of fused-ring (bicyclic) bond motifs is 4. The number of ether oxygens (including phenoxy) is 2. The minimum Gasteiger partial charge on any atom is -0.503 e. The molecule has 6 heterocycles. The van der Waals surface area contributed by atoms with Crippen LogP contribution in [0.5, 0.6) is 11.5 Å². The number of aromatic nitrogens is 2. The van der Waals surface area contributed by atoms with Gasteiger partial charge in [-0.05, 0) is 44.9 Å². The van der Waals surface area contributed by atoms with E-state index < -0.39 is 57.3 Å². The summed E-state index contributed by atoms with van der Waals surface area (Å²) in [7, 11) is 0. The Balaban J connectivity index is 0.000000192. The molecule has 8 rings (SSSR count). The Labute approximate surface area is 350 Å². The van der Waals surface area contributed by atoms with Gasteiger partial charge in [0.2, 0.25) is 10.9 Å². The van der Waals surface area contributed by atoms with Gasteiger partial charge in [0, 0.05) is 61.7 Å². The molecule has 4 aliphatic rings. The van der Waals surface area contributed by atoms with Crippen LogP contribution in [0.25, 0.3) is 0 Å². The Morgan fingerprint density at radius 1 is 0.742 bits per heavy atom. The zero-order valence-electron chi connectivity index (χ0n) is 33.7. The second-order valence-electron chi connectivity index (χ2n) is 14.9. The maximum atomic E-state index is 13.8. The molecule has 330 valence electrons. The number of hydrogen-bond acceptors (Lipinski definition) is 12. The van der Waals surface area contributed by atoms with Crippen molar-refractivity contribution in [2.45, 2.75) is 77.4 Å². The molecule has 0 radical (unpaired) electrons. The first kappa shape index (κ1) is 46.6. The van der Waals surface area contributed by atoms with Gasteiger partial charge in [-0.15, -0.1) is 0 Å². The first-order valence-corrected chi connectivity index (χ1v) is 19.2. The molecular weight excluding hydrogens is 826 g/mol. The number of benzene rings is 2. The molecule has 2 aromatic heterocycles. The van der Waals surface area contributed by atoms with Crippen molar-refractivity contribution >= 4 is 23.7 Å². The molecule has 0 spiro atoms. The van der Waals surface area contributed by atoms with E-state index in [1.807, 2.05) is 13.8 Å². The number of morpholine rings is 2. The highest BCUT2D eigenvalue weighted by molar-refractivity contribution is 6.00. The summed E-state index contributed by atoms with van der Waals surface area (Å²) in [6.07, 6.45) is 2.91. The third kappa shape index (κ3) is 9.84. The Morgan fingerprint density at radius 3 is 1.66 bits per heavy atom. The number of carbonyl (C=O) groups is 3. The second-order valence-corrected chi connectivity index (χ2v) is 14.9. The van der Waals surface area contributed by atoms with Gasteiger partial charge >= 0.3 is 6.15 Å². The van der Waals surface area contributed by atoms with Crippen LogP contribution in [0.4, 0.5) is 17.6 Å². The van der Waals surface area contributed by atoms with E-state index in [0.717, 1.165) is 18.2 Å². The van der Waals surface area contributed by atoms with Gasteiger partial charge in [-0.25, -0.2) is 17.6 Å². The molecule has 0 unspecified atom stereocenters. The van der Waals surface area contributed by atoms with Gasteiger partial charge in [0.25, 0.3) is 11.8 Å². The van der Waals surface area contributed by atoms with E-state index in [1.54, 1.807) is 27.5 Å². The minimum atomic E-state index is -0.932. The lowest BCUT2D eigenvalue weighted by molar-refractivity contribution is -0.191. The molecule has 62 heavy (non-hydrogen) atoms. The van der Waals surface area contributed by atoms with Gasteiger partial charge in [-0.2, -0.15) is 9.59 Å². The van der Waals surface area contributed by atoms with E-state index >= 15 is 0 Å². The number of hydrogen-bond donors (Lipinski definition) is 3. The summed E-state index contributed by atoms with van der Waals surface area (Å²) in [5.74, 6) is -5.23. The van der Waals surface area contributed by atoms with Crippen molar-refractivity contribution < 1.29 is 61.2 Å². The van der Waals surface area contributed by atoms with E-state index in [9.17, 15) is 51.7 Å². The van der Waals surface area contributed by atoms with E-state index in [2.05, 4.69) is 0 Å². The standard InChI is InChI=1S/C21H20F2N2O5.C13H16N2O4.C7H7F2N.CO2/c1-11-9-30-10-14-7-24-8-15(19(27)20(28)18(24)21(29)25(11)14)17(26)5-3-12-2-4-13(22)6-16(12)23;1-7-3-14-4-9-6-19-5-8(2)15(9)13(18)10(14)12(17)11(7)16;8-6-2-1-5(4-10)7(9)3-6;2-1-3/h2,4,6,8,11,14,28H,3,5,7,9-10H2,1H3;3,8-9,17H,4-6H2,1-2H3;1-3H,4,10H2;/t11-,14-;8-,9-;;/m11../s1. The zero-order valence-corrected chi connectivity index (χ0v) is 33.7. The van der Waals surface area contributed by atoms with Gasteiger partial charge in [0.1, 0.15) is 23.3 Å². The average molecular weight is 870 g/mol. The van der Waals surface area contributed by atoms with Gasteiger partial charge in [0.05, 0.1) is 56.2 Å². The number of Topliss-reactive ketones (excluding diaryl/α,β-unsaturated/α-hetero) is 1. The van der Waals surface area contributed by atoms with Crippen LogP contribution >= 0.6 is 0 Å². The number of rotatable bonds is 5. The fourth-order valence-corrected chi connectivity index (χ4v) is 7.67. The molecule has 2 aromatic carbocycles. The van der Waals surface area contributed by atoms with Gasteiger partial charge in [-0.1, -0.05) is 12.1 Å². The molecule has 4 aromatic rings. The fourth-order valence-electron chi connectivity index (χ4n) is 7.67. The van der Waals surface area contributed by atoms with Crippen LogP contribution in [-0.2, 0) is 45.1 Å². The third-order valence-electron chi connectivity index (χ3n) is 10.6. The Kier molecular flexibility index (Phi) is 15.0. The summed E-state index contributed by atoms with van der Waals surface area (Å²) < 4.78 is 65.6. The maximum Gasteiger partial charge on any atom is 0.373 e. The minimum absolute atomic E-state index is 0.0341. The van der Waals surface area contributed by atoms with Crippen LogP contribution in [0.2, 0.25) is 0 Å². The van der Waals surface area contributed by atoms with Crippen molar-refractivity contribution in [1.29, 1.82) is 0 Å². The van der Waals surface area contributed by atoms with Crippen molar-refractivity contribution in [3.05, 3.63) is 126 Å². The number of nitrogens with two attached hydrogens (primary N) is 1. The number of aryl methyl sites for hydroxylation is 2. The summed E-state index contributed by atoms with van der Waals surface area (Å²) in [6.45, 7) is 7.93. The highest BCUT2D eigenvalue weighted by Crippen LogP contribution is 2.29. The number of halogens is 4. The van der Waals surface area contributed by atoms with E-state index in [4.69, 9.17) is 24.8 Å². The molecule has 4 atom stereocenters. The molecule has 2 saturated heterocycles. The van der Waals surface area contributed by atoms with Gasteiger partial charge < -0.3 is 44.4 Å². The normalized spacial score (nSPS) is 19.7. The molecule has 4 aliphatic heterocycles. The molecule has 0 bridgehead atoms. The number of pyridine rings is 2. The van der Waals surface area contributed by atoms with Gasteiger partial charge in [-0.3, -0.25) is 24.0 Å². The molecule has 16 nitrogen and oxygen atoms in total. The third-order valence-corrected chi connectivity index (χ3v) is 10.6. The Morgan fingerprint density at radius 2 is 1.19 bits per heavy atom. The summed E-state index contributed by atoms with van der Waals surface area (Å²) in [6, 6.07) is 5.85. The monoisotopic (exact) mass is 869 g/mol. The van der Waals surface area contributed by atoms with Crippen LogP contribution in [0.15, 0.2) is 58.4 Å². The zero-order chi connectivity index (χ0) is 45.6. The summed E-state index contributed by atoms with van der Waals surface area (Å²) in [4.78, 5) is 81.9. The number of nitrogens with zero attached hydrogens (tertiary/aromatic N) is 4. The largest absolute Gasteiger partial charge is 0.503 e. The molecule has 0 saturated carbocycles. The summed E-state index contributed by atoms with van der Waals surface area (Å²) in [5, 5.41) is 20.4.